The minimum atomic E-state index is -4.51. The number of amides is 2. The maximum atomic E-state index is 15.4. The standard InChI is InChI=1S/C23H21F5N2O3/c1-12-9-16-20(18(25)19(12)29-17(31)10-22(7-8-22)23(26,27)28)33-13(2)21(32)30(16)11-14-3-5-15(24)6-4-14/h3-6,9,13H,7-8,10-11H2,1-2H3,(H,29,31). The minimum Gasteiger partial charge on any atom is -0.476 e. The molecule has 1 aliphatic heterocycles. The number of benzene rings is 2. The normalized spacial score (nSPS) is 19.1. The van der Waals surface area contributed by atoms with Gasteiger partial charge in [0.25, 0.3) is 5.91 Å². The van der Waals surface area contributed by atoms with E-state index in [1.54, 1.807) is 0 Å². The highest BCUT2D eigenvalue weighted by Gasteiger charge is 2.63. The summed E-state index contributed by atoms with van der Waals surface area (Å²) < 4.78 is 73.6. The number of nitrogens with zero attached hydrogens (tertiary/aromatic N) is 1. The largest absolute Gasteiger partial charge is 0.476 e. The molecule has 2 aliphatic rings. The van der Waals surface area contributed by atoms with Crippen LogP contribution in [0.15, 0.2) is 30.3 Å². The van der Waals surface area contributed by atoms with E-state index in [4.69, 9.17) is 4.74 Å². The summed E-state index contributed by atoms with van der Waals surface area (Å²) in [6.45, 7) is 2.92. The van der Waals surface area contributed by atoms with Crippen LogP contribution in [0.4, 0.5) is 33.3 Å². The number of rotatable bonds is 5. The monoisotopic (exact) mass is 468 g/mol. The summed E-state index contributed by atoms with van der Waals surface area (Å²) in [7, 11) is 0. The van der Waals surface area contributed by atoms with E-state index in [1.165, 1.54) is 49.1 Å². The van der Waals surface area contributed by atoms with Gasteiger partial charge in [0.2, 0.25) is 5.91 Å². The van der Waals surface area contributed by atoms with Gasteiger partial charge in [-0.15, -0.1) is 0 Å². The van der Waals surface area contributed by atoms with Gasteiger partial charge in [-0.3, -0.25) is 9.59 Å². The molecule has 1 atom stereocenters. The van der Waals surface area contributed by atoms with Gasteiger partial charge in [-0.05, 0) is 56.0 Å². The number of hydrogen-bond donors (Lipinski definition) is 1. The lowest BCUT2D eigenvalue weighted by Crippen LogP contribution is -2.44. The highest BCUT2D eigenvalue weighted by Crippen LogP contribution is 2.60. The second-order valence-corrected chi connectivity index (χ2v) is 8.54. The van der Waals surface area contributed by atoms with E-state index in [0.717, 1.165) is 0 Å². The lowest BCUT2D eigenvalue weighted by atomic mass is 10.0. The second-order valence-electron chi connectivity index (χ2n) is 8.54. The molecule has 5 nitrogen and oxygen atoms in total. The van der Waals surface area contributed by atoms with Crippen LogP contribution in [-0.4, -0.2) is 24.1 Å². The van der Waals surface area contributed by atoms with Gasteiger partial charge in [0.1, 0.15) is 5.82 Å². The van der Waals surface area contributed by atoms with Crippen LogP contribution < -0.4 is 15.0 Å². The predicted octanol–water partition coefficient (Wildman–Crippen LogP) is 5.26. The molecule has 1 aliphatic carbocycles. The molecule has 2 aromatic carbocycles. The van der Waals surface area contributed by atoms with Crippen LogP contribution in [0.3, 0.4) is 0 Å². The summed E-state index contributed by atoms with van der Waals surface area (Å²) >= 11 is 0. The molecule has 0 radical (unpaired) electrons. The van der Waals surface area contributed by atoms with Gasteiger partial charge in [0, 0.05) is 6.42 Å². The Morgan fingerprint density at radius 1 is 1.21 bits per heavy atom. The van der Waals surface area contributed by atoms with E-state index >= 15 is 4.39 Å². The van der Waals surface area contributed by atoms with E-state index in [1.807, 2.05) is 0 Å². The summed E-state index contributed by atoms with van der Waals surface area (Å²) in [6.07, 6.45) is -6.63. The summed E-state index contributed by atoms with van der Waals surface area (Å²) in [5, 5.41) is 2.25. The number of aryl methyl sites for hydroxylation is 1. The molecule has 0 aromatic heterocycles. The summed E-state index contributed by atoms with van der Waals surface area (Å²) in [5.74, 6) is -3.10. The summed E-state index contributed by atoms with van der Waals surface area (Å²) in [4.78, 5) is 26.3. The van der Waals surface area contributed by atoms with Gasteiger partial charge in [0.05, 0.1) is 23.3 Å². The van der Waals surface area contributed by atoms with Crippen molar-refractivity contribution in [3.05, 3.63) is 53.1 Å². The van der Waals surface area contributed by atoms with E-state index < -0.39 is 47.6 Å². The smallest absolute Gasteiger partial charge is 0.395 e. The average Bonchev–Trinajstić information content (AvgIpc) is 3.52. The Hall–Kier alpha value is -3.17. The number of carbonyl (C=O) groups excluding carboxylic acids is 2. The Labute approximate surface area is 186 Å². The zero-order chi connectivity index (χ0) is 24.1. The molecule has 10 heteroatoms. The first-order chi connectivity index (χ1) is 15.4. The number of halogens is 5. The number of fused-ring (bicyclic) bond motifs is 1. The zero-order valence-corrected chi connectivity index (χ0v) is 17.9. The van der Waals surface area contributed by atoms with E-state index in [2.05, 4.69) is 5.32 Å². The molecular weight excluding hydrogens is 447 g/mol. The maximum Gasteiger partial charge on any atom is 0.395 e. The second kappa shape index (κ2) is 8.00. The Balaban J connectivity index is 1.63. The van der Waals surface area contributed by atoms with Gasteiger partial charge >= 0.3 is 6.18 Å². The molecule has 0 spiro atoms. The van der Waals surface area contributed by atoms with Crippen LogP contribution in [-0.2, 0) is 16.1 Å². The average molecular weight is 468 g/mol. The fourth-order valence-corrected chi connectivity index (χ4v) is 3.91. The van der Waals surface area contributed by atoms with Crippen LogP contribution in [0.5, 0.6) is 5.75 Å². The van der Waals surface area contributed by atoms with Crippen LogP contribution in [0.25, 0.3) is 0 Å². The Morgan fingerprint density at radius 2 is 1.85 bits per heavy atom. The first kappa shape index (κ1) is 23.0. The predicted molar refractivity (Wildman–Crippen MR) is 110 cm³/mol. The molecule has 1 heterocycles. The minimum absolute atomic E-state index is 0.0263. The molecule has 1 N–H and O–H groups in total. The first-order valence-electron chi connectivity index (χ1n) is 10.3. The Morgan fingerprint density at radius 3 is 2.42 bits per heavy atom. The Kier molecular flexibility index (Phi) is 5.58. The molecule has 0 saturated heterocycles. The fraction of sp³-hybridized carbons (Fsp3) is 0.391. The molecule has 1 saturated carbocycles. The van der Waals surface area contributed by atoms with Crippen molar-refractivity contribution in [2.75, 3.05) is 10.2 Å². The van der Waals surface area contributed by atoms with Crippen molar-refractivity contribution in [3.8, 4) is 5.75 Å². The van der Waals surface area contributed by atoms with E-state index in [0.29, 0.717) is 5.56 Å². The maximum absolute atomic E-state index is 15.4. The molecule has 4 rings (SSSR count). The van der Waals surface area contributed by atoms with Crippen LogP contribution in [0, 0.1) is 24.0 Å². The molecule has 2 amide bonds. The van der Waals surface area contributed by atoms with Crippen molar-refractivity contribution >= 4 is 23.2 Å². The molecular formula is C23H21F5N2O3. The van der Waals surface area contributed by atoms with Crippen molar-refractivity contribution in [2.45, 2.75) is 51.9 Å². The number of ether oxygens (including phenoxy) is 1. The lowest BCUT2D eigenvalue weighted by Gasteiger charge is -2.34. The molecule has 1 unspecified atom stereocenters. The van der Waals surface area contributed by atoms with Gasteiger partial charge < -0.3 is 15.0 Å². The highest BCUT2D eigenvalue weighted by molar-refractivity contribution is 6.01. The molecule has 33 heavy (non-hydrogen) atoms. The molecule has 2 aromatic rings. The third-order valence-corrected chi connectivity index (χ3v) is 6.07. The van der Waals surface area contributed by atoms with Crippen molar-refractivity contribution in [2.24, 2.45) is 5.41 Å². The molecule has 1 fully saturated rings. The number of carbonyl (C=O) groups is 2. The number of hydrogen-bond acceptors (Lipinski definition) is 3. The number of alkyl halides is 3. The van der Waals surface area contributed by atoms with Gasteiger partial charge in [-0.1, -0.05) is 12.1 Å². The molecule has 0 bridgehead atoms. The third kappa shape index (κ3) is 4.26. The van der Waals surface area contributed by atoms with Crippen LogP contribution in [0.1, 0.15) is 37.3 Å². The van der Waals surface area contributed by atoms with Crippen LogP contribution in [0.2, 0.25) is 0 Å². The summed E-state index contributed by atoms with van der Waals surface area (Å²) in [5.41, 5.74) is -1.42. The van der Waals surface area contributed by atoms with E-state index in [9.17, 15) is 27.2 Å². The highest BCUT2D eigenvalue weighted by atomic mass is 19.4. The summed E-state index contributed by atoms with van der Waals surface area (Å²) in [6, 6.07) is 6.90. The Bertz CT molecular complexity index is 1110. The van der Waals surface area contributed by atoms with Gasteiger partial charge in [0.15, 0.2) is 17.7 Å². The van der Waals surface area contributed by atoms with Gasteiger partial charge in [-0.2, -0.15) is 13.2 Å². The number of nitrogens with one attached hydrogen (secondary N) is 1. The quantitative estimate of drug-likeness (QED) is 0.610. The third-order valence-electron chi connectivity index (χ3n) is 6.07. The zero-order valence-electron chi connectivity index (χ0n) is 17.9. The van der Waals surface area contributed by atoms with Crippen molar-refractivity contribution < 1.29 is 36.3 Å². The van der Waals surface area contributed by atoms with E-state index in [-0.39, 0.29) is 42.1 Å². The first-order valence-corrected chi connectivity index (χ1v) is 10.3. The van der Waals surface area contributed by atoms with Crippen LogP contribution >= 0.6 is 0 Å². The van der Waals surface area contributed by atoms with Crippen molar-refractivity contribution in [1.29, 1.82) is 0 Å². The van der Waals surface area contributed by atoms with Crippen molar-refractivity contribution in [3.63, 3.8) is 0 Å². The fourth-order valence-electron chi connectivity index (χ4n) is 3.91. The van der Waals surface area contributed by atoms with Gasteiger partial charge in [-0.25, -0.2) is 8.78 Å². The molecule has 176 valence electrons. The number of anilines is 2. The van der Waals surface area contributed by atoms with Crippen molar-refractivity contribution in [1.82, 2.24) is 0 Å². The topological polar surface area (TPSA) is 58.6 Å². The SMILES string of the molecule is Cc1cc2c(c(F)c1NC(=O)CC1(C(F)(F)F)CC1)OC(C)C(=O)N2Cc1ccc(F)cc1. The lowest BCUT2D eigenvalue weighted by molar-refractivity contribution is -0.189.